The monoisotopic (exact) mass is 354 g/mol. The van der Waals surface area contributed by atoms with Crippen LogP contribution in [0.4, 0.5) is 4.39 Å². The number of nitrogens with zero attached hydrogens (tertiary/aromatic N) is 2. The average molecular weight is 354 g/mol. The summed E-state index contributed by atoms with van der Waals surface area (Å²) in [6.07, 6.45) is 0.607. The van der Waals surface area contributed by atoms with Gasteiger partial charge in [-0.25, -0.2) is 14.2 Å². The summed E-state index contributed by atoms with van der Waals surface area (Å²) in [6, 6.07) is 5.25. The number of likely N-dealkylation sites (N-methyl/N-ethyl adjacent to an activating group) is 1. The van der Waals surface area contributed by atoms with E-state index < -0.39 is 36.0 Å². The predicted octanol–water partition coefficient (Wildman–Crippen LogP) is 0.789. The van der Waals surface area contributed by atoms with Crippen LogP contribution in [-0.4, -0.2) is 60.7 Å². The maximum atomic E-state index is 13.0. The summed E-state index contributed by atoms with van der Waals surface area (Å²) in [6.45, 7) is -0.572. The van der Waals surface area contributed by atoms with Crippen molar-refractivity contribution in [2.75, 3.05) is 27.8 Å². The lowest BCUT2D eigenvalue weighted by Crippen LogP contribution is -2.35. The number of amides is 2. The fraction of sp³-hybridized carbons (Fsp3) is 0.312. The maximum absolute atomic E-state index is 13.0. The molecule has 0 aliphatic heterocycles. The van der Waals surface area contributed by atoms with Gasteiger partial charge in [0.25, 0.3) is 11.8 Å². The largest absolute Gasteiger partial charge is 0.502 e. The molecule has 0 aromatic heterocycles. The molecule has 0 aliphatic carbocycles. The first-order chi connectivity index (χ1) is 11.7. The normalized spacial score (nSPS) is 11.0. The molecule has 9 heteroatoms. The van der Waals surface area contributed by atoms with Crippen molar-refractivity contribution >= 4 is 17.8 Å². The Morgan fingerprint density at radius 2 is 1.80 bits per heavy atom. The minimum atomic E-state index is -1.10. The molecule has 0 aliphatic rings. The molecule has 0 spiro atoms. The first-order valence-corrected chi connectivity index (χ1v) is 7.12. The fourth-order valence-corrected chi connectivity index (χ4v) is 1.56. The second-order valence-corrected chi connectivity index (χ2v) is 5.08. The van der Waals surface area contributed by atoms with Crippen LogP contribution in [0.25, 0.3) is 0 Å². The number of aliphatic hydroxyl groups excluding tert-OH is 1. The number of ether oxygens (including phenoxy) is 1. The van der Waals surface area contributed by atoms with Crippen LogP contribution in [0.5, 0.6) is 0 Å². The van der Waals surface area contributed by atoms with Gasteiger partial charge in [0.15, 0.2) is 6.61 Å². The molecule has 0 unspecified atom stereocenters. The molecule has 0 heterocycles. The third-order valence-electron chi connectivity index (χ3n) is 2.98. The van der Waals surface area contributed by atoms with E-state index >= 15 is 0 Å². The van der Waals surface area contributed by atoms with Crippen molar-refractivity contribution in [1.29, 1.82) is 0 Å². The number of carbonyl (C=O) groups excluding carboxylic acids is 3. The molecule has 8 nitrogen and oxygen atoms in total. The van der Waals surface area contributed by atoms with E-state index in [1.165, 1.54) is 43.3 Å². The number of carbonyl (C=O) groups is 3. The van der Waals surface area contributed by atoms with Crippen LogP contribution < -0.4 is 0 Å². The molecule has 0 radical (unpaired) electrons. The van der Waals surface area contributed by atoms with Gasteiger partial charge in [0.05, 0.1) is 19.7 Å². The van der Waals surface area contributed by atoms with Crippen molar-refractivity contribution in [3.05, 3.63) is 47.5 Å². The number of aliphatic hydroxyl groups is 1. The van der Waals surface area contributed by atoms with Gasteiger partial charge in [-0.1, -0.05) is 12.1 Å². The summed E-state index contributed by atoms with van der Waals surface area (Å²) in [5, 5.41) is 10.2. The van der Waals surface area contributed by atoms with Crippen molar-refractivity contribution < 1.29 is 33.5 Å². The zero-order chi connectivity index (χ0) is 19.0. The highest BCUT2D eigenvalue weighted by Gasteiger charge is 2.19. The Bertz CT molecular complexity index is 657. The second-order valence-electron chi connectivity index (χ2n) is 5.08. The fourth-order valence-electron chi connectivity index (χ4n) is 1.56. The van der Waals surface area contributed by atoms with E-state index in [1.54, 1.807) is 0 Å². The topological polar surface area (TPSA) is 96.4 Å². The van der Waals surface area contributed by atoms with Crippen LogP contribution in [0.2, 0.25) is 0 Å². The molecule has 0 bridgehead atoms. The van der Waals surface area contributed by atoms with Gasteiger partial charge in [0.1, 0.15) is 5.82 Å². The molecular weight excluding hydrogens is 335 g/mol. The Balaban J connectivity index is 2.93. The van der Waals surface area contributed by atoms with E-state index in [4.69, 9.17) is 4.84 Å². The zero-order valence-electron chi connectivity index (χ0n) is 14.1. The van der Waals surface area contributed by atoms with E-state index in [2.05, 4.69) is 4.74 Å². The van der Waals surface area contributed by atoms with E-state index in [-0.39, 0.29) is 6.54 Å². The summed E-state index contributed by atoms with van der Waals surface area (Å²) >= 11 is 0. The van der Waals surface area contributed by atoms with Gasteiger partial charge < -0.3 is 14.7 Å². The van der Waals surface area contributed by atoms with Crippen molar-refractivity contribution in [2.24, 2.45) is 0 Å². The minimum absolute atomic E-state index is 0.134. The number of hydrogen-bond donors (Lipinski definition) is 1. The summed E-state index contributed by atoms with van der Waals surface area (Å²) in [4.78, 5) is 41.4. The van der Waals surface area contributed by atoms with Crippen molar-refractivity contribution in [3.8, 4) is 0 Å². The minimum Gasteiger partial charge on any atom is -0.502 e. The molecule has 136 valence electrons. The molecule has 0 saturated carbocycles. The van der Waals surface area contributed by atoms with Crippen molar-refractivity contribution in [1.82, 2.24) is 9.96 Å². The average Bonchev–Trinajstić information content (AvgIpc) is 2.58. The lowest BCUT2D eigenvalue weighted by molar-refractivity contribution is -0.189. The Kier molecular flexibility index (Phi) is 7.54. The number of hydroxylamine groups is 2. The molecule has 1 aromatic rings. The highest BCUT2D eigenvalue weighted by Crippen LogP contribution is 2.09. The molecule has 2 amide bonds. The summed E-state index contributed by atoms with van der Waals surface area (Å²) in [5.74, 6) is -3.76. The quantitative estimate of drug-likeness (QED) is 0.337. The lowest BCUT2D eigenvalue weighted by Gasteiger charge is -2.21. The standard InChI is InChI=1S/C16H19FN2O6/c1-18(2)15(22)10-25-19(9-11-4-6-12(17)7-5-11)14(21)8-13(20)16(23)24-3/h4-8,20H,9-10H2,1-3H3/b13-8-. The number of benzene rings is 1. The van der Waals surface area contributed by atoms with Gasteiger partial charge in [-0.05, 0) is 17.7 Å². The number of hydrogen-bond acceptors (Lipinski definition) is 6. The SMILES string of the molecule is COC(=O)/C(O)=C/C(=O)N(Cc1ccc(F)cc1)OCC(=O)N(C)C. The van der Waals surface area contributed by atoms with Gasteiger partial charge in [0, 0.05) is 14.1 Å². The lowest BCUT2D eigenvalue weighted by atomic mass is 10.2. The molecule has 1 N–H and O–H groups in total. The summed E-state index contributed by atoms with van der Waals surface area (Å²) in [5.41, 5.74) is 0.512. The van der Waals surface area contributed by atoms with E-state index in [9.17, 15) is 23.9 Å². The highest BCUT2D eigenvalue weighted by atomic mass is 19.1. The second kappa shape index (κ2) is 9.38. The van der Waals surface area contributed by atoms with E-state index in [1.807, 2.05) is 0 Å². The molecule has 1 aromatic carbocycles. The number of rotatable bonds is 7. The first-order valence-electron chi connectivity index (χ1n) is 7.12. The number of esters is 1. The molecular formula is C16H19FN2O6. The van der Waals surface area contributed by atoms with Gasteiger partial charge in [-0.15, -0.1) is 0 Å². The Hall–Kier alpha value is -2.94. The molecule has 0 atom stereocenters. The van der Waals surface area contributed by atoms with E-state index in [0.29, 0.717) is 11.6 Å². The summed E-state index contributed by atoms with van der Waals surface area (Å²) in [7, 11) is 4.07. The first kappa shape index (κ1) is 20.1. The predicted molar refractivity (Wildman–Crippen MR) is 84.3 cm³/mol. The third-order valence-corrected chi connectivity index (χ3v) is 2.98. The molecule has 0 fully saturated rings. The Morgan fingerprint density at radius 1 is 1.20 bits per heavy atom. The van der Waals surface area contributed by atoms with Crippen molar-refractivity contribution in [2.45, 2.75) is 6.54 Å². The van der Waals surface area contributed by atoms with Gasteiger partial charge in [-0.3, -0.25) is 14.4 Å². The number of methoxy groups -OCH3 is 1. The van der Waals surface area contributed by atoms with Gasteiger partial charge in [0.2, 0.25) is 5.76 Å². The van der Waals surface area contributed by atoms with Crippen LogP contribution in [0.1, 0.15) is 5.56 Å². The van der Waals surface area contributed by atoms with Crippen LogP contribution >= 0.6 is 0 Å². The Morgan fingerprint density at radius 3 is 2.32 bits per heavy atom. The Labute approximate surface area is 144 Å². The van der Waals surface area contributed by atoms with Crippen molar-refractivity contribution in [3.63, 3.8) is 0 Å². The molecule has 25 heavy (non-hydrogen) atoms. The highest BCUT2D eigenvalue weighted by molar-refractivity contribution is 5.96. The maximum Gasteiger partial charge on any atom is 0.373 e. The van der Waals surface area contributed by atoms with E-state index in [0.717, 1.165) is 12.2 Å². The van der Waals surface area contributed by atoms with Crippen LogP contribution in [0, 0.1) is 5.82 Å². The van der Waals surface area contributed by atoms with Gasteiger partial charge in [-0.2, -0.15) is 0 Å². The van der Waals surface area contributed by atoms with Crippen LogP contribution in [0.3, 0.4) is 0 Å². The van der Waals surface area contributed by atoms with Gasteiger partial charge >= 0.3 is 5.97 Å². The smallest absolute Gasteiger partial charge is 0.373 e. The van der Waals surface area contributed by atoms with Crippen LogP contribution in [0.15, 0.2) is 36.1 Å². The van der Waals surface area contributed by atoms with Crippen LogP contribution in [-0.2, 0) is 30.5 Å². The molecule has 1 rings (SSSR count). The third kappa shape index (κ3) is 6.60. The molecule has 0 saturated heterocycles. The summed E-state index contributed by atoms with van der Waals surface area (Å²) < 4.78 is 17.3. The zero-order valence-corrected chi connectivity index (χ0v) is 14.1. The number of halogens is 1.